The molecule has 0 radical (unpaired) electrons. The molecule has 2 rings (SSSR count). The number of alkyl carbamates (subject to hydrolysis) is 1. The van der Waals surface area contributed by atoms with Crippen LogP contribution in [0.25, 0.3) is 0 Å². The quantitative estimate of drug-likeness (QED) is 0.682. The molecule has 1 aliphatic rings. The van der Waals surface area contributed by atoms with Crippen molar-refractivity contribution in [2.24, 2.45) is 5.92 Å². The average molecular weight is 427 g/mol. The molecule has 0 aliphatic carbocycles. The number of amides is 2. The normalized spacial score (nSPS) is 18.1. The third kappa shape index (κ3) is 7.74. The number of benzene rings is 1. The maximum Gasteiger partial charge on any atom is 0.410 e. The van der Waals surface area contributed by atoms with Crippen LogP contribution in [0.2, 0.25) is 5.02 Å². The minimum atomic E-state index is -0.535. The highest BCUT2D eigenvalue weighted by Gasteiger charge is 2.33. The number of nitrogens with one attached hydrogen (secondary N) is 1. The van der Waals surface area contributed by atoms with E-state index in [4.69, 9.17) is 21.1 Å². The Morgan fingerprint density at radius 1 is 1.34 bits per heavy atom. The molecule has 2 amide bonds. The first-order valence-corrected chi connectivity index (χ1v) is 10.2. The van der Waals surface area contributed by atoms with Crippen molar-refractivity contribution in [2.45, 2.75) is 45.3 Å². The number of piperidine rings is 1. The van der Waals surface area contributed by atoms with Crippen LogP contribution in [-0.2, 0) is 14.2 Å². The maximum absolute atomic E-state index is 12.5. The monoisotopic (exact) mass is 426 g/mol. The molecule has 1 N–H and O–H groups in total. The van der Waals surface area contributed by atoms with Gasteiger partial charge in [-0.1, -0.05) is 23.7 Å². The Labute approximate surface area is 177 Å². The number of hydrogen-bond acceptors (Lipinski definition) is 5. The smallest absolute Gasteiger partial charge is 0.410 e. The van der Waals surface area contributed by atoms with Crippen molar-refractivity contribution < 1.29 is 23.8 Å². The molecule has 1 unspecified atom stereocenters. The molecule has 162 valence electrons. The van der Waals surface area contributed by atoms with Crippen LogP contribution in [0.4, 0.5) is 9.59 Å². The first kappa shape index (κ1) is 23.3. The number of halogens is 1. The van der Waals surface area contributed by atoms with E-state index in [1.165, 1.54) is 7.11 Å². The molecule has 8 heteroatoms. The van der Waals surface area contributed by atoms with Crippen molar-refractivity contribution in [2.75, 3.05) is 33.4 Å². The minimum absolute atomic E-state index is 0.0906. The molecule has 1 aliphatic heterocycles. The molecule has 1 saturated heterocycles. The van der Waals surface area contributed by atoms with E-state index in [0.29, 0.717) is 31.3 Å². The number of likely N-dealkylation sites (tertiary alicyclic amines) is 1. The molecule has 0 bridgehead atoms. The van der Waals surface area contributed by atoms with Gasteiger partial charge in [-0.05, 0) is 51.3 Å². The number of rotatable bonds is 6. The molecule has 1 aromatic carbocycles. The van der Waals surface area contributed by atoms with Crippen molar-refractivity contribution in [3.05, 3.63) is 34.9 Å². The Bertz CT molecular complexity index is 692. The van der Waals surface area contributed by atoms with Crippen molar-refractivity contribution in [3.8, 4) is 0 Å². The van der Waals surface area contributed by atoms with Gasteiger partial charge < -0.3 is 24.4 Å². The van der Waals surface area contributed by atoms with E-state index >= 15 is 0 Å². The van der Waals surface area contributed by atoms with Crippen LogP contribution in [0.1, 0.15) is 45.3 Å². The molecule has 29 heavy (non-hydrogen) atoms. The van der Waals surface area contributed by atoms with Crippen LogP contribution < -0.4 is 5.32 Å². The summed E-state index contributed by atoms with van der Waals surface area (Å²) in [5.41, 5.74) is 0.415. The first-order valence-electron chi connectivity index (χ1n) is 9.86. The lowest BCUT2D eigenvalue weighted by Crippen LogP contribution is -2.44. The van der Waals surface area contributed by atoms with Crippen LogP contribution >= 0.6 is 11.6 Å². The van der Waals surface area contributed by atoms with Gasteiger partial charge in [-0.25, -0.2) is 9.59 Å². The van der Waals surface area contributed by atoms with E-state index in [1.54, 1.807) is 4.90 Å². The predicted molar refractivity (Wildman–Crippen MR) is 111 cm³/mol. The van der Waals surface area contributed by atoms with E-state index < -0.39 is 11.7 Å². The van der Waals surface area contributed by atoms with Crippen LogP contribution in [0, 0.1) is 5.92 Å². The second-order valence-corrected chi connectivity index (χ2v) is 8.53. The van der Waals surface area contributed by atoms with Gasteiger partial charge in [0.2, 0.25) is 0 Å². The Morgan fingerprint density at radius 3 is 2.76 bits per heavy atom. The van der Waals surface area contributed by atoms with E-state index in [0.717, 1.165) is 18.4 Å². The van der Waals surface area contributed by atoms with Gasteiger partial charge in [-0.15, -0.1) is 0 Å². The van der Waals surface area contributed by atoms with Gasteiger partial charge in [0.05, 0.1) is 19.8 Å². The molecular formula is C21H31ClN2O5. The van der Waals surface area contributed by atoms with E-state index in [1.807, 2.05) is 45.0 Å². The van der Waals surface area contributed by atoms with Gasteiger partial charge in [0.15, 0.2) is 0 Å². The standard InChI is InChI=1S/C21H31ClN2O5/c1-21(2,3)29-20(26)24-11-6-8-16(14-24)18(15-7-5-9-17(22)13-15)28-12-10-23-19(25)27-4/h5,7,9,13,16,18H,6,8,10-12,14H2,1-4H3,(H,23,25)/t16?,18-/m0/s1. The lowest BCUT2D eigenvalue weighted by Gasteiger charge is -2.37. The Kier molecular flexibility index (Phi) is 8.59. The number of ether oxygens (including phenoxy) is 3. The molecule has 1 fully saturated rings. The van der Waals surface area contributed by atoms with E-state index in [2.05, 4.69) is 10.1 Å². The molecule has 0 aromatic heterocycles. The van der Waals surface area contributed by atoms with Crippen molar-refractivity contribution in [1.82, 2.24) is 10.2 Å². The lowest BCUT2D eigenvalue weighted by atomic mass is 9.88. The number of carbonyl (C=O) groups excluding carboxylic acids is 2. The number of methoxy groups -OCH3 is 1. The van der Waals surface area contributed by atoms with Gasteiger partial charge in [0.25, 0.3) is 0 Å². The second kappa shape index (κ2) is 10.7. The van der Waals surface area contributed by atoms with Gasteiger partial charge in [0, 0.05) is 30.6 Å². The lowest BCUT2D eigenvalue weighted by molar-refractivity contribution is -0.0245. The van der Waals surface area contributed by atoms with Crippen LogP contribution in [0.3, 0.4) is 0 Å². The summed E-state index contributed by atoms with van der Waals surface area (Å²) in [5, 5.41) is 3.24. The van der Waals surface area contributed by atoms with Crippen LogP contribution in [0.5, 0.6) is 0 Å². The van der Waals surface area contributed by atoms with Crippen LogP contribution in [0.15, 0.2) is 24.3 Å². The number of nitrogens with zero attached hydrogens (tertiary/aromatic N) is 1. The number of hydrogen-bond donors (Lipinski definition) is 1. The molecule has 1 heterocycles. The molecule has 1 aromatic rings. The number of carbonyl (C=O) groups is 2. The molecular weight excluding hydrogens is 396 g/mol. The summed E-state index contributed by atoms with van der Waals surface area (Å²) in [7, 11) is 1.32. The Morgan fingerprint density at radius 2 is 2.10 bits per heavy atom. The highest BCUT2D eigenvalue weighted by molar-refractivity contribution is 6.30. The third-order valence-corrected chi connectivity index (χ3v) is 4.80. The summed E-state index contributed by atoms with van der Waals surface area (Å²) < 4.78 is 16.2. The fourth-order valence-electron chi connectivity index (χ4n) is 3.35. The van der Waals surface area contributed by atoms with Crippen LogP contribution in [-0.4, -0.2) is 56.0 Å². The SMILES string of the molecule is COC(=O)NCCO[C@@H](c1cccc(Cl)c1)C1CCCN(C(=O)OC(C)(C)C)C1. The van der Waals surface area contributed by atoms with Gasteiger partial charge in [-0.2, -0.15) is 0 Å². The topological polar surface area (TPSA) is 77.1 Å². The summed E-state index contributed by atoms with van der Waals surface area (Å²) in [6.07, 6.45) is 0.727. The summed E-state index contributed by atoms with van der Waals surface area (Å²) in [6, 6.07) is 7.55. The molecule has 2 atom stereocenters. The third-order valence-electron chi connectivity index (χ3n) is 4.57. The fraction of sp³-hybridized carbons (Fsp3) is 0.619. The zero-order valence-electron chi connectivity index (χ0n) is 17.6. The van der Waals surface area contributed by atoms with Gasteiger partial charge >= 0.3 is 12.2 Å². The zero-order chi connectivity index (χ0) is 21.4. The first-order chi connectivity index (χ1) is 13.7. The van der Waals surface area contributed by atoms with E-state index in [-0.39, 0.29) is 18.1 Å². The summed E-state index contributed by atoms with van der Waals surface area (Å²) >= 11 is 6.19. The van der Waals surface area contributed by atoms with Gasteiger partial charge in [-0.3, -0.25) is 0 Å². The maximum atomic E-state index is 12.5. The van der Waals surface area contributed by atoms with Crippen molar-refractivity contribution in [3.63, 3.8) is 0 Å². The second-order valence-electron chi connectivity index (χ2n) is 8.09. The molecule has 7 nitrogen and oxygen atoms in total. The Hall–Kier alpha value is -1.99. The minimum Gasteiger partial charge on any atom is -0.453 e. The average Bonchev–Trinajstić information content (AvgIpc) is 2.66. The Balaban J connectivity index is 2.08. The largest absolute Gasteiger partial charge is 0.453 e. The molecule has 0 spiro atoms. The van der Waals surface area contributed by atoms with Crippen molar-refractivity contribution >= 4 is 23.8 Å². The molecule has 0 saturated carbocycles. The van der Waals surface area contributed by atoms with Crippen molar-refractivity contribution in [1.29, 1.82) is 0 Å². The highest BCUT2D eigenvalue weighted by Crippen LogP contribution is 2.34. The van der Waals surface area contributed by atoms with E-state index in [9.17, 15) is 9.59 Å². The summed E-state index contributed by atoms with van der Waals surface area (Å²) in [4.78, 5) is 25.5. The van der Waals surface area contributed by atoms with Gasteiger partial charge in [0.1, 0.15) is 5.60 Å². The zero-order valence-corrected chi connectivity index (χ0v) is 18.3. The fourth-order valence-corrected chi connectivity index (χ4v) is 3.55. The predicted octanol–water partition coefficient (Wildman–Crippen LogP) is 4.40. The summed E-state index contributed by atoms with van der Waals surface area (Å²) in [5.74, 6) is 0.0906. The summed E-state index contributed by atoms with van der Waals surface area (Å²) in [6.45, 7) is 7.42. The highest BCUT2D eigenvalue weighted by atomic mass is 35.5.